The van der Waals surface area contributed by atoms with E-state index in [2.05, 4.69) is 29.9 Å². The largest absolute Gasteiger partial charge is 0.335 e. The van der Waals surface area contributed by atoms with E-state index in [4.69, 9.17) is 0 Å². The molecule has 3 N–H and O–H groups in total. The van der Waals surface area contributed by atoms with Crippen LogP contribution < -0.4 is 11.1 Å². The second-order valence-electron chi connectivity index (χ2n) is 5.91. The Balaban J connectivity index is 0. The lowest BCUT2D eigenvalue weighted by Crippen LogP contribution is -2.24. The second-order valence-corrected chi connectivity index (χ2v) is 7.59. The lowest BCUT2D eigenvalue weighted by Gasteiger charge is -2.17. The highest BCUT2D eigenvalue weighted by atomic mass is 32.2. The molecule has 0 heterocycles. The van der Waals surface area contributed by atoms with Gasteiger partial charge in [-0.15, -0.1) is 0 Å². The highest BCUT2D eigenvalue weighted by molar-refractivity contribution is 8.05. The average molecular weight is 446 g/mol. The molecule has 0 aliphatic heterocycles. The Morgan fingerprint density at radius 2 is 1.83 bits per heavy atom. The maximum Gasteiger partial charge on any atom is 0.283 e. The van der Waals surface area contributed by atoms with Gasteiger partial charge in [0.15, 0.2) is 0 Å². The molecule has 7 heteroatoms. The van der Waals surface area contributed by atoms with Gasteiger partial charge in [-0.2, -0.15) is 8.78 Å². The summed E-state index contributed by atoms with van der Waals surface area (Å²) in [5.41, 5.74) is 3.06. The summed E-state index contributed by atoms with van der Waals surface area (Å²) >= 11 is 1.54. The number of benzene rings is 1. The van der Waals surface area contributed by atoms with Gasteiger partial charge in [-0.25, -0.2) is 0 Å². The molecule has 0 bridgehead atoms. The molecule has 1 aromatic carbocycles. The van der Waals surface area contributed by atoms with Crippen LogP contribution in [0.25, 0.3) is 0 Å². The van der Waals surface area contributed by atoms with Crippen LogP contribution in [0, 0.1) is 6.92 Å². The molecule has 1 rings (SSSR count). The summed E-state index contributed by atoms with van der Waals surface area (Å²) in [6, 6.07) is 4.62. The fourth-order valence-electron chi connectivity index (χ4n) is 1.90. The van der Waals surface area contributed by atoms with E-state index < -0.39 is 5.66 Å². The summed E-state index contributed by atoms with van der Waals surface area (Å²) in [7, 11) is 4.72. The number of hydrogen-bond acceptors (Lipinski definition) is 3. The van der Waals surface area contributed by atoms with Crippen molar-refractivity contribution in [2.75, 3.05) is 14.1 Å². The van der Waals surface area contributed by atoms with Gasteiger partial charge in [-0.3, -0.25) is 4.99 Å². The summed E-state index contributed by atoms with van der Waals surface area (Å²) < 4.78 is 27.1. The van der Waals surface area contributed by atoms with Crippen molar-refractivity contribution in [3.63, 3.8) is 0 Å². The highest BCUT2D eigenvalue weighted by Gasteiger charge is 2.25. The number of aliphatic imine (C=N–C) groups is 1. The maximum atomic E-state index is 13.6. The smallest absolute Gasteiger partial charge is 0.283 e. The minimum absolute atomic E-state index is 0.0480. The number of nitrogens with one attached hydrogen (secondary N) is 1. The molecule has 1 aromatic rings. The van der Waals surface area contributed by atoms with E-state index in [1.165, 1.54) is 43.8 Å². The molecule has 166 valence electrons. The number of unbranched alkanes of at least 4 members (excludes halogenated alkanes) is 1. The Morgan fingerprint density at radius 3 is 2.24 bits per heavy atom. The van der Waals surface area contributed by atoms with Gasteiger partial charge in [0.2, 0.25) is 0 Å². The molecule has 0 aliphatic rings. The van der Waals surface area contributed by atoms with E-state index >= 15 is 0 Å². The number of nitrogens with zero attached hydrogens (tertiary/aromatic N) is 1. The lowest BCUT2D eigenvalue weighted by atomic mass is 10.0. The van der Waals surface area contributed by atoms with E-state index in [9.17, 15) is 8.78 Å². The Labute approximate surface area is 182 Å². The number of allylic oxidation sites excluding steroid dienone is 2. The molecule has 0 amide bonds. The molecule has 1 atom stereocenters. The zero-order valence-electron chi connectivity index (χ0n) is 18.9. The third-order valence-corrected chi connectivity index (χ3v) is 4.83. The van der Waals surface area contributed by atoms with Crippen molar-refractivity contribution < 1.29 is 8.78 Å². The molecule has 1 unspecified atom stereocenters. The predicted molar refractivity (Wildman–Crippen MR) is 132 cm³/mol. The summed E-state index contributed by atoms with van der Waals surface area (Å²) in [5.74, 6) is 0.579. The van der Waals surface area contributed by atoms with Gasteiger partial charge < -0.3 is 11.1 Å². The van der Waals surface area contributed by atoms with Crippen molar-refractivity contribution >= 4 is 26.8 Å². The van der Waals surface area contributed by atoms with Gasteiger partial charge in [0.05, 0.1) is 5.03 Å². The Bertz CT molecular complexity index is 652. The summed E-state index contributed by atoms with van der Waals surface area (Å²) in [4.78, 5) is 4.25. The molecule has 0 saturated heterocycles. The molecule has 0 radical (unpaired) electrons. The van der Waals surface area contributed by atoms with E-state index in [1.807, 2.05) is 38.3 Å². The normalized spacial score (nSPS) is 12.1. The first kappa shape index (κ1) is 30.0. The van der Waals surface area contributed by atoms with Gasteiger partial charge in [-0.1, -0.05) is 78.9 Å². The Morgan fingerprint density at radius 1 is 1.24 bits per heavy atom. The minimum atomic E-state index is -2.96. The predicted octanol–water partition coefficient (Wildman–Crippen LogP) is 6.78. The maximum absolute atomic E-state index is 13.6. The van der Waals surface area contributed by atoms with Gasteiger partial charge in [0.25, 0.3) is 5.66 Å². The van der Waals surface area contributed by atoms with Gasteiger partial charge in [-0.05, 0) is 44.4 Å². The molecule has 0 fully saturated rings. The quantitative estimate of drug-likeness (QED) is 0.276. The zero-order chi connectivity index (χ0) is 22.9. The van der Waals surface area contributed by atoms with Crippen molar-refractivity contribution in [1.29, 1.82) is 0 Å². The van der Waals surface area contributed by atoms with E-state index in [0.29, 0.717) is 11.4 Å². The van der Waals surface area contributed by atoms with Crippen LogP contribution in [0.2, 0.25) is 0 Å². The first-order valence-corrected chi connectivity index (χ1v) is 11.3. The molecular weight excluding hydrogens is 407 g/mol. The zero-order valence-corrected chi connectivity index (χ0v) is 20.8. The fourth-order valence-corrected chi connectivity index (χ4v) is 2.78. The van der Waals surface area contributed by atoms with Crippen LogP contribution in [0.1, 0.15) is 63.6 Å². The molecule has 0 aliphatic carbocycles. The molecule has 0 aromatic heterocycles. The van der Waals surface area contributed by atoms with Crippen LogP contribution in [-0.4, -0.2) is 19.9 Å². The molecule has 0 saturated carbocycles. The number of aryl methyl sites for hydroxylation is 1. The molecule has 3 nitrogen and oxygen atoms in total. The number of halogens is 2. The van der Waals surface area contributed by atoms with Crippen LogP contribution in [0.4, 0.5) is 8.78 Å². The number of nitrogens with two attached hydrogens (primary N) is 1. The number of thioether (sulfide) groups is 1. The molecule has 29 heavy (non-hydrogen) atoms. The van der Waals surface area contributed by atoms with Gasteiger partial charge in [0, 0.05) is 18.2 Å². The highest BCUT2D eigenvalue weighted by Crippen LogP contribution is 2.35. The number of hydrogen-bond donors (Lipinski definition) is 2. The third kappa shape index (κ3) is 12.8. The van der Waals surface area contributed by atoms with E-state index in [0.717, 1.165) is 17.0 Å². The van der Waals surface area contributed by atoms with Crippen LogP contribution in [0.5, 0.6) is 0 Å². The average Bonchev–Trinajstić information content (AvgIpc) is 2.71. The molecule has 0 spiro atoms. The number of rotatable bonds is 7. The summed E-state index contributed by atoms with van der Waals surface area (Å²) in [6.07, 6.45) is 7.49. The number of alkyl halides is 2. The SMILES string of the molecule is C/C=C\S/C(=C\CC)NC(=NC)c1cc(C(F)(F)P)ccc1C.CCCC.CN. The monoisotopic (exact) mass is 445 g/mol. The first-order chi connectivity index (χ1) is 13.7. The van der Waals surface area contributed by atoms with E-state index in [1.54, 1.807) is 22.4 Å². The lowest BCUT2D eigenvalue weighted by molar-refractivity contribution is 0.104. The van der Waals surface area contributed by atoms with Crippen molar-refractivity contribution in [3.05, 3.63) is 57.5 Å². The van der Waals surface area contributed by atoms with Crippen molar-refractivity contribution in [2.24, 2.45) is 10.7 Å². The topological polar surface area (TPSA) is 50.4 Å². The fraction of sp³-hybridized carbons (Fsp3) is 0.500. The first-order valence-electron chi connectivity index (χ1n) is 9.82. The Hall–Kier alpha value is -1.23. The van der Waals surface area contributed by atoms with Crippen molar-refractivity contribution in [2.45, 2.75) is 59.5 Å². The van der Waals surface area contributed by atoms with Crippen LogP contribution in [0.15, 0.2) is 45.8 Å². The van der Waals surface area contributed by atoms with Gasteiger partial charge >= 0.3 is 0 Å². The molecular formula is C22H38F2N3PS. The Kier molecular flexibility index (Phi) is 18.2. The second kappa shape index (κ2) is 17.6. The van der Waals surface area contributed by atoms with E-state index in [-0.39, 0.29) is 5.56 Å². The van der Waals surface area contributed by atoms with Crippen LogP contribution >= 0.6 is 21.0 Å². The number of amidine groups is 1. The third-order valence-electron chi connectivity index (χ3n) is 3.56. The van der Waals surface area contributed by atoms with Crippen LogP contribution in [0.3, 0.4) is 0 Å². The van der Waals surface area contributed by atoms with Crippen molar-refractivity contribution in [3.8, 4) is 0 Å². The summed E-state index contributed by atoms with van der Waals surface area (Å²) in [5, 5.41) is 6.13. The van der Waals surface area contributed by atoms with Gasteiger partial charge in [0.1, 0.15) is 5.84 Å². The summed E-state index contributed by atoms with van der Waals surface area (Å²) in [6.45, 7) is 10.2. The van der Waals surface area contributed by atoms with Crippen LogP contribution in [-0.2, 0) is 5.66 Å². The standard InChI is InChI=1S/C17H23F2N2PS.C4H10.CH5N/c1-5-7-15(23-10-6-2)21-16(20-4)14-11-13(17(18,19)22)9-8-12(14)3;1-3-4-2;1-2/h6-11H,5,22H2,1-4H3,(H,20,21);3-4H2,1-2H3;2H2,1H3/b10-6-,15-7-;;. The van der Waals surface area contributed by atoms with Crippen molar-refractivity contribution in [1.82, 2.24) is 5.32 Å². The minimum Gasteiger partial charge on any atom is -0.335 e.